The predicted molar refractivity (Wildman–Crippen MR) is 76.3 cm³/mol. The zero-order chi connectivity index (χ0) is 14.1. The van der Waals surface area contributed by atoms with Crippen LogP contribution in [0.1, 0.15) is 24.8 Å². The molecule has 1 aromatic rings. The Balaban J connectivity index is 2.53. The highest BCUT2D eigenvalue weighted by molar-refractivity contribution is 5.75. The molecule has 5 heteroatoms. The largest absolute Gasteiger partial charge is 0.398 e. The molecule has 0 aliphatic rings. The molecule has 0 radical (unpaired) electrons. The van der Waals surface area contributed by atoms with Crippen molar-refractivity contribution in [3.8, 4) is 0 Å². The number of anilines is 1. The van der Waals surface area contributed by atoms with Crippen molar-refractivity contribution in [1.82, 2.24) is 4.90 Å². The molecule has 0 aliphatic heterocycles. The summed E-state index contributed by atoms with van der Waals surface area (Å²) in [5.74, 6) is -0.336. The standard InChI is InChI=1S/C14H23N3O2/c15-13-7-3-2-6-12(13)10-17(11-14(16)19)8-4-1-5-9-18/h2-3,6-7,18H,1,4-5,8-11,15H2,(H2,16,19). The Labute approximate surface area is 114 Å². The smallest absolute Gasteiger partial charge is 0.231 e. The van der Waals surface area contributed by atoms with Crippen LogP contribution < -0.4 is 11.5 Å². The summed E-state index contributed by atoms with van der Waals surface area (Å²) in [6.07, 6.45) is 2.66. The minimum atomic E-state index is -0.336. The summed E-state index contributed by atoms with van der Waals surface area (Å²) in [7, 11) is 0. The van der Waals surface area contributed by atoms with Crippen LogP contribution in [0, 0.1) is 0 Å². The molecule has 0 bridgehead atoms. The number of unbranched alkanes of at least 4 members (excludes halogenated alkanes) is 2. The Morgan fingerprint density at radius 2 is 1.95 bits per heavy atom. The third-order valence-electron chi connectivity index (χ3n) is 2.96. The van der Waals surface area contributed by atoms with Crippen LogP contribution >= 0.6 is 0 Å². The summed E-state index contributed by atoms with van der Waals surface area (Å²) >= 11 is 0. The van der Waals surface area contributed by atoms with E-state index in [4.69, 9.17) is 16.6 Å². The van der Waals surface area contributed by atoms with Gasteiger partial charge in [-0.05, 0) is 37.4 Å². The van der Waals surface area contributed by atoms with Gasteiger partial charge in [0.05, 0.1) is 6.54 Å². The first-order valence-electron chi connectivity index (χ1n) is 6.58. The Hall–Kier alpha value is -1.59. The molecular formula is C14H23N3O2. The van der Waals surface area contributed by atoms with E-state index in [1.807, 2.05) is 29.2 Å². The first-order valence-corrected chi connectivity index (χ1v) is 6.58. The maximum atomic E-state index is 11.1. The highest BCUT2D eigenvalue weighted by atomic mass is 16.2. The van der Waals surface area contributed by atoms with Crippen molar-refractivity contribution in [2.75, 3.05) is 25.4 Å². The number of benzene rings is 1. The Morgan fingerprint density at radius 3 is 2.58 bits per heavy atom. The van der Waals surface area contributed by atoms with Crippen LogP contribution in [0.25, 0.3) is 0 Å². The van der Waals surface area contributed by atoms with Crippen molar-refractivity contribution in [2.45, 2.75) is 25.8 Å². The molecule has 0 aromatic heterocycles. The minimum Gasteiger partial charge on any atom is -0.398 e. The van der Waals surface area contributed by atoms with Gasteiger partial charge < -0.3 is 16.6 Å². The lowest BCUT2D eigenvalue weighted by molar-refractivity contribution is -0.119. The molecule has 0 atom stereocenters. The molecule has 106 valence electrons. The third kappa shape index (κ3) is 6.22. The van der Waals surface area contributed by atoms with Crippen LogP contribution in [0.15, 0.2) is 24.3 Å². The van der Waals surface area contributed by atoms with Gasteiger partial charge in [-0.2, -0.15) is 0 Å². The maximum absolute atomic E-state index is 11.1. The van der Waals surface area contributed by atoms with Crippen molar-refractivity contribution in [3.63, 3.8) is 0 Å². The molecule has 1 rings (SSSR count). The summed E-state index contributed by atoms with van der Waals surface area (Å²) in [6, 6.07) is 7.62. The zero-order valence-electron chi connectivity index (χ0n) is 11.2. The normalized spacial score (nSPS) is 10.8. The predicted octanol–water partition coefficient (Wildman–Crippen LogP) is 0.719. The first kappa shape index (κ1) is 15.5. The number of rotatable bonds is 9. The number of hydrogen-bond acceptors (Lipinski definition) is 4. The second-order valence-corrected chi connectivity index (χ2v) is 4.66. The van der Waals surface area contributed by atoms with Gasteiger partial charge in [-0.25, -0.2) is 0 Å². The average molecular weight is 265 g/mol. The molecule has 0 aliphatic carbocycles. The van der Waals surface area contributed by atoms with Crippen molar-refractivity contribution in [1.29, 1.82) is 0 Å². The SMILES string of the molecule is NC(=O)CN(CCCCCO)Cc1ccccc1N. The van der Waals surface area contributed by atoms with Crippen LogP contribution in [-0.2, 0) is 11.3 Å². The van der Waals surface area contributed by atoms with Crippen molar-refractivity contribution in [2.24, 2.45) is 5.73 Å². The molecule has 1 amide bonds. The van der Waals surface area contributed by atoms with Gasteiger partial charge in [0.15, 0.2) is 0 Å². The molecule has 1 aromatic carbocycles. The maximum Gasteiger partial charge on any atom is 0.231 e. The lowest BCUT2D eigenvalue weighted by Crippen LogP contribution is -2.34. The van der Waals surface area contributed by atoms with E-state index in [1.54, 1.807) is 0 Å². The van der Waals surface area contributed by atoms with Crippen LogP contribution in [0.2, 0.25) is 0 Å². The molecule has 19 heavy (non-hydrogen) atoms. The van der Waals surface area contributed by atoms with Gasteiger partial charge >= 0.3 is 0 Å². The van der Waals surface area contributed by atoms with E-state index < -0.39 is 0 Å². The number of aliphatic hydroxyl groups is 1. The molecule has 0 saturated heterocycles. The van der Waals surface area contributed by atoms with Gasteiger partial charge in [-0.15, -0.1) is 0 Å². The Morgan fingerprint density at radius 1 is 1.21 bits per heavy atom. The first-order chi connectivity index (χ1) is 9.13. The Bertz CT molecular complexity index is 396. The van der Waals surface area contributed by atoms with Gasteiger partial charge in [-0.3, -0.25) is 9.69 Å². The molecule has 0 heterocycles. The van der Waals surface area contributed by atoms with E-state index >= 15 is 0 Å². The molecule has 0 fully saturated rings. The number of carbonyl (C=O) groups excluding carboxylic acids is 1. The van der Waals surface area contributed by atoms with E-state index in [9.17, 15) is 4.79 Å². The summed E-state index contributed by atoms with van der Waals surface area (Å²) in [6.45, 7) is 1.83. The van der Waals surface area contributed by atoms with Gasteiger partial charge in [0, 0.05) is 18.8 Å². The molecule has 0 spiro atoms. The average Bonchev–Trinajstić information content (AvgIpc) is 2.36. The number of nitrogens with two attached hydrogens (primary N) is 2. The highest BCUT2D eigenvalue weighted by Gasteiger charge is 2.10. The van der Waals surface area contributed by atoms with E-state index in [0.29, 0.717) is 6.54 Å². The number of aliphatic hydroxyl groups excluding tert-OH is 1. The van der Waals surface area contributed by atoms with Crippen LogP contribution in [0.4, 0.5) is 5.69 Å². The lowest BCUT2D eigenvalue weighted by atomic mass is 10.1. The summed E-state index contributed by atoms with van der Waals surface area (Å²) < 4.78 is 0. The second kappa shape index (κ2) is 8.50. The van der Waals surface area contributed by atoms with E-state index in [0.717, 1.165) is 37.1 Å². The quantitative estimate of drug-likeness (QED) is 0.453. The van der Waals surface area contributed by atoms with Gasteiger partial charge in [0.2, 0.25) is 5.91 Å². The molecule has 5 N–H and O–H groups in total. The van der Waals surface area contributed by atoms with Crippen molar-refractivity contribution in [3.05, 3.63) is 29.8 Å². The number of nitrogen functional groups attached to an aromatic ring is 1. The monoisotopic (exact) mass is 265 g/mol. The minimum absolute atomic E-state index is 0.210. The molecular weight excluding hydrogens is 242 g/mol. The fraction of sp³-hybridized carbons (Fsp3) is 0.500. The molecule has 5 nitrogen and oxygen atoms in total. The van der Waals surface area contributed by atoms with Crippen LogP contribution in [0.3, 0.4) is 0 Å². The van der Waals surface area contributed by atoms with Crippen molar-refractivity contribution < 1.29 is 9.90 Å². The molecule has 0 saturated carbocycles. The fourth-order valence-corrected chi connectivity index (χ4v) is 1.98. The van der Waals surface area contributed by atoms with E-state index in [1.165, 1.54) is 0 Å². The van der Waals surface area contributed by atoms with Gasteiger partial charge in [0.1, 0.15) is 0 Å². The number of nitrogens with zero attached hydrogens (tertiary/aromatic N) is 1. The summed E-state index contributed by atoms with van der Waals surface area (Å²) in [4.78, 5) is 13.1. The second-order valence-electron chi connectivity index (χ2n) is 4.66. The van der Waals surface area contributed by atoms with Gasteiger partial charge in [0.25, 0.3) is 0 Å². The highest BCUT2D eigenvalue weighted by Crippen LogP contribution is 2.13. The Kier molecular flexibility index (Phi) is 6.92. The lowest BCUT2D eigenvalue weighted by Gasteiger charge is -2.21. The topological polar surface area (TPSA) is 92.6 Å². The number of primary amides is 1. The number of hydrogen-bond donors (Lipinski definition) is 3. The van der Waals surface area contributed by atoms with Crippen LogP contribution in [-0.4, -0.2) is 35.6 Å². The summed E-state index contributed by atoms with van der Waals surface area (Å²) in [5.41, 5.74) is 12.9. The van der Waals surface area contributed by atoms with E-state index in [2.05, 4.69) is 0 Å². The zero-order valence-corrected chi connectivity index (χ0v) is 11.2. The number of carbonyl (C=O) groups is 1. The fourth-order valence-electron chi connectivity index (χ4n) is 1.98. The molecule has 0 unspecified atom stereocenters. The van der Waals surface area contributed by atoms with E-state index in [-0.39, 0.29) is 19.1 Å². The summed E-state index contributed by atoms with van der Waals surface area (Å²) in [5, 5.41) is 8.74. The van der Waals surface area contributed by atoms with Crippen LogP contribution in [0.5, 0.6) is 0 Å². The third-order valence-corrected chi connectivity index (χ3v) is 2.96. The number of amides is 1. The van der Waals surface area contributed by atoms with Crippen molar-refractivity contribution >= 4 is 11.6 Å². The number of para-hydroxylation sites is 1. The van der Waals surface area contributed by atoms with Gasteiger partial charge in [-0.1, -0.05) is 18.2 Å².